The first-order valence-corrected chi connectivity index (χ1v) is 7.89. The van der Waals surface area contributed by atoms with Gasteiger partial charge in [0.2, 0.25) is 0 Å². The van der Waals surface area contributed by atoms with Crippen molar-refractivity contribution in [3.8, 4) is 5.75 Å². The van der Waals surface area contributed by atoms with Gasteiger partial charge < -0.3 is 15.2 Å². The zero-order chi connectivity index (χ0) is 14.5. The maximum Gasteiger partial charge on any atom is 0.123 e. The Morgan fingerprint density at radius 2 is 2.30 bits per heavy atom. The molecule has 1 aromatic rings. The van der Waals surface area contributed by atoms with Crippen molar-refractivity contribution in [2.24, 2.45) is 5.73 Å². The van der Waals surface area contributed by atoms with Crippen LogP contribution in [-0.2, 0) is 4.74 Å². The smallest absolute Gasteiger partial charge is 0.123 e. The number of halogens is 1. The first-order chi connectivity index (χ1) is 9.71. The van der Waals surface area contributed by atoms with E-state index < -0.39 is 0 Å². The molecule has 1 fully saturated rings. The van der Waals surface area contributed by atoms with E-state index in [4.69, 9.17) is 15.2 Å². The van der Waals surface area contributed by atoms with Crippen LogP contribution in [0.25, 0.3) is 0 Å². The van der Waals surface area contributed by atoms with Gasteiger partial charge in [-0.15, -0.1) is 0 Å². The van der Waals surface area contributed by atoms with Gasteiger partial charge in [-0.1, -0.05) is 22.9 Å². The van der Waals surface area contributed by atoms with Crippen LogP contribution < -0.4 is 10.5 Å². The molecular weight excluding hydrogens is 320 g/mol. The van der Waals surface area contributed by atoms with Gasteiger partial charge in [0.15, 0.2) is 0 Å². The number of morpholine rings is 1. The molecule has 0 saturated carbocycles. The molecule has 2 rings (SSSR count). The van der Waals surface area contributed by atoms with E-state index in [1.54, 1.807) is 7.11 Å². The fourth-order valence-electron chi connectivity index (χ4n) is 2.86. The third kappa shape index (κ3) is 3.34. The summed E-state index contributed by atoms with van der Waals surface area (Å²) in [6, 6.07) is 6.25. The SMILES string of the molecule is CCCN1CCOC(CN)C1c1cc(Br)ccc1OC. The summed E-state index contributed by atoms with van der Waals surface area (Å²) in [6.07, 6.45) is 1.13. The van der Waals surface area contributed by atoms with Crippen molar-refractivity contribution >= 4 is 15.9 Å². The number of nitrogens with zero attached hydrogens (tertiary/aromatic N) is 1. The Kier molecular flexibility index (Phi) is 5.84. The maximum absolute atomic E-state index is 5.91. The van der Waals surface area contributed by atoms with Crippen molar-refractivity contribution in [3.05, 3.63) is 28.2 Å². The van der Waals surface area contributed by atoms with Gasteiger partial charge in [0, 0.05) is 23.1 Å². The molecule has 0 radical (unpaired) electrons. The van der Waals surface area contributed by atoms with Crippen molar-refractivity contribution in [1.29, 1.82) is 0 Å². The minimum absolute atomic E-state index is 0.0125. The molecule has 1 aliphatic heterocycles. The zero-order valence-electron chi connectivity index (χ0n) is 12.1. The van der Waals surface area contributed by atoms with Crippen LogP contribution in [-0.4, -0.2) is 44.4 Å². The monoisotopic (exact) mass is 342 g/mol. The standard InChI is InChI=1S/C15H23BrN2O2/c1-3-6-18-7-8-20-14(10-17)15(18)12-9-11(16)4-5-13(12)19-2/h4-5,9,14-15H,3,6-8,10,17H2,1-2H3. The summed E-state index contributed by atoms with van der Waals surface area (Å²) in [4.78, 5) is 2.45. The molecule has 4 nitrogen and oxygen atoms in total. The van der Waals surface area contributed by atoms with Crippen LogP contribution in [0, 0.1) is 0 Å². The van der Waals surface area contributed by atoms with Crippen LogP contribution >= 0.6 is 15.9 Å². The summed E-state index contributed by atoms with van der Waals surface area (Å²) >= 11 is 3.55. The lowest BCUT2D eigenvalue weighted by Crippen LogP contribution is -2.48. The topological polar surface area (TPSA) is 47.7 Å². The van der Waals surface area contributed by atoms with E-state index in [0.717, 1.165) is 41.9 Å². The third-order valence-electron chi connectivity index (χ3n) is 3.71. The molecule has 5 heteroatoms. The predicted octanol–water partition coefficient (Wildman–Crippen LogP) is 2.57. The maximum atomic E-state index is 5.91. The fraction of sp³-hybridized carbons (Fsp3) is 0.600. The van der Waals surface area contributed by atoms with Crippen LogP contribution in [0.1, 0.15) is 24.9 Å². The van der Waals surface area contributed by atoms with Crippen LogP contribution in [0.3, 0.4) is 0 Å². The number of benzene rings is 1. The lowest BCUT2D eigenvalue weighted by atomic mass is 9.96. The quantitative estimate of drug-likeness (QED) is 0.893. The molecule has 2 atom stereocenters. The molecule has 1 aliphatic rings. The largest absolute Gasteiger partial charge is 0.496 e. The van der Waals surface area contributed by atoms with E-state index in [-0.39, 0.29) is 12.1 Å². The zero-order valence-corrected chi connectivity index (χ0v) is 13.7. The highest BCUT2D eigenvalue weighted by Gasteiger charge is 2.34. The van der Waals surface area contributed by atoms with E-state index in [2.05, 4.69) is 33.8 Å². The van der Waals surface area contributed by atoms with Gasteiger partial charge in [-0.25, -0.2) is 0 Å². The van der Waals surface area contributed by atoms with Crippen LogP contribution in [0.15, 0.2) is 22.7 Å². The highest BCUT2D eigenvalue weighted by Crippen LogP contribution is 2.36. The first-order valence-electron chi connectivity index (χ1n) is 7.10. The average Bonchev–Trinajstić information content (AvgIpc) is 2.47. The lowest BCUT2D eigenvalue weighted by Gasteiger charge is -2.41. The molecule has 0 spiro atoms. The van der Waals surface area contributed by atoms with Crippen molar-refractivity contribution in [1.82, 2.24) is 4.90 Å². The van der Waals surface area contributed by atoms with Crippen LogP contribution in [0.2, 0.25) is 0 Å². The molecule has 2 unspecified atom stereocenters. The lowest BCUT2D eigenvalue weighted by molar-refractivity contribution is -0.0682. The molecule has 0 aliphatic carbocycles. The molecule has 1 aromatic carbocycles. The second-order valence-electron chi connectivity index (χ2n) is 5.01. The van der Waals surface area contributed by atoms with Crippen LogP contribution in [0.4, 0.5) is 0 Å². The molecule has 0 aromatic heterocycles. The first kappa shape index (κ1) is 15.8. The number of nitrogens with two attached hydrogens (primary N) is 1. The molecule has 1 saturated heterocycles. The van der Waals surface area contributed by atoms with Gasteiger partial charge in [0.25, 0.3) is 0 Å². The van der Waals surface area contributed by atoms with Crippen molar-refractivity contribution in [2.45, 2.75) is 25.5 Å². The summed E-state index contributed by atoms with van der Waals surface area (Å²) in [6.45, 7) is 5.43. The minimum atomic E-state index is 0.0125. The Hall–Kier alpha value is -0.620. The normalized spacial score (nSPS) is 23.8. The highest BCUT2D eigenvalue weighted by atomic mass is 79.9. The van der Waals surface area contributed by atoms with Crippen molar-refractivity contribution in [3.63, 3.8) is 0 Å². The summed E-state index contributed by atoms with van der Waals surface area (Å²) in [7, 11) is 1.71. The molecule has 20 heavy (non-hydrogen) atoms. The number of hydrogen-bond donors (Lipinski definition) is 1. The Morgan fingerprint density at radius 1 is 1.50 bits per heavy atom. The number of rotatable bonds is 5. The minimum Gasteiger partial charge on any atom is -0.496 e. The molecular formula is C15H23BrN2O2. The van der Waals surface area contributed by atoms with Crippen molar-refractivity contribution in [2.75, 3.05) is 33.4 Å². The van der Waals surface area contributed by atoms with Crippen LogP contribution in [0.5, 0.6) is 5.75 Å². The Labute approximate surface area is 129 Å². The van der Waals surface area contributed by atoms with Crippen molar-refractivity contribution < 1.29 is 9.47 Å². The second-order valence-corrected chi connectivity index (χ2v) is 5.93. The molecule has 112 valence electrons. The summed E-state index contributed by atoms with van der Waals surface area (Å²) in [5.74, 6) is 0.892. The molecule has 1 heterocycles. The van der Waals surface area contributed by atoms with E-state index in [1.807, 2.05) is 12.1 Å². The van der Waals surface area contributed by atoms with E-state index in [0.29, 0.717) is 6.54 Å². The Balaban J connectivity index is 2.39. The van der Waals surface area contributed by atoms with Gasteiger partial charge in [0.1, 0.15) is 5.75 Å². The second kappa shape index (κ2) is 7.41. The fourth-order valence-corrected chi connectivity index (χ4v) is 3.23. The van der Waals surface area contributed by atoms with Gasteiger partial charge in [-0.05, 0) is 31.2 Å². The van der Waals surface area contributed by atoms with E-state index in [1.165, 1.54) is 0 Å². The number of hydrogen-bond acceptors (Lipinski definition) is 4. The Bertz CT molecular complexity index is 440. The summed E-state index contributed by atoms with van der Waals surface area (Å²) in [5.41, 5.74) is 7.06. The van der Waals surface area contributed by atoms with Gasteiger partial charge in [-0.3, -0.25) is 4.90 Å². The number of ether oxygens (including phenoxy) is 2. The third-order valence-corrected chi connectivity index (χ3v) is 4.20. The highest BCUT2D eigenvalue weighted by molar-refractivity contribution is 9.10. The van der Waals surface area contributed by atoms with Gasteiger partial charge in [-0.2, -0.15) is 0 Å². The number of methoxy groups -OCH3 is 1. The van der Waals surface area contributed by atoms with E-state index >= 15 is 0 Å². The summed E-state index contributed by atoms with van der Waals surface area (Å²) < 4.78 is 12.4. The predicted molar refractivity (Wildman–Crippen MR) is 84.1 cm³/mol. The molecule has 2 N–H and O–H groups in total. The van der Waals surface area contributed by atoms with Gasteiger partial charge in [0.05, 0.1) is 25.9 Å². The average molecular weight is 343 g/mol. The summed E-state index contributed by atoms with van der Waals surface area (Å²) in [5, 5.41) is 0. The molecule has 0 bridgehead atoms. The Morgan fingerprint density at radius 3 is 2.95 bits per heavy atom. The van der Waals surface area contributed by atoms with E-state index in [9.17, 15) is 0 Å². The van der Waals surface area contributed by atoms with Gasteiger partial charge >= 0.3 is 0 Å². The molecule has 0 amide bonds.